The summed E-state index contributed by atoms with van der Waals surface area (Å²) in [7, 11) is 0. The fourth-order valence-electron chi connectivity index (χ4n) is 0.899. The molecule has 4 heteroatoms. The van der Waals surface area contributed by atoms with Crippen LogP contribution in [0, 0.1) is 0 Å². The Balaban J connectivity index is 3.09. The molecule has 0 aromatic rings. The highest BCUT2D eigenvalue weighted by molar-refractivity contribution is 9.70. The van der Waals surface area contributed by atoms with Crippen LogP contribution in [-0.4, -0.2) is 6.16 Å². The van der Waals surface area contributed by atoms with Crippen LogP contribution in [0.5, 0.6) is 0 Å². The van der Waals surface area contributed by atoms with E-state index in [0.29, 0.717) is 0 Å². The summed E-state index contributed by atoms with van der Waals surface area (Å²) < 4.78 is 8.99. The zero-order valence-corrected chi connectivity index (χ0v) is 10.9. The van der Waals surface area contributed by atoms with Gasteiger partial charge in [0.15, 0.2) is 0 Å². The Kier molecular flexibility index (Phi) is 7.40. The summed E-state index contributed by atoms with van der Waals surface area (Å²) in [4.78, 5) is 0. The largest absolute Gasteiger partial charge is 0.300 e. The van der Waals surface area contributed by atoms with Crippen molar-refractivity contribution in [2.75, 3.05) is 6.16 Å². The van der Waals surface area contributed by atoms with Crippen molar-refractivity contribution in [3.05, 3.63) is 0 Å². The first-order valence-electron chi connectivity index (χ1n) is 4.04. The van der Waals surface area contributed by atoms with E-state index in [4.69, 9.17) is 0 Å². The van der Waals surface area contributed by atoms with Gasteiger partial charge in [0.1, 0.15) is 0 Å². The van der Waals surface area contributed by atoms with Gasteiger partial charge >= 0.3 is 0 Å². The van der Waals surface area contributed by atoms with Gasteiger partial charge in [-0.05, 0) is 37.4 Å². The van der Waals surface area contributed by atoms with E-state index < -0.39 is 4.55 Å². The van der Waals surface area contributed by atoms with E-state index in [9.17, 15) is 4.57 Å². The molecule has 0 saturated heterocycles. The summed E-state index contributed by atoms with van der Waals surface area (Å²) in [6, 6.07) is 0. The van der Waals surface area contributed by atoms with Crippen LogP contribution < -0.4 is 0 Å². The van der Waals surface area contributed by atoms with Gasteiger partial charge in [0.05, 0.1) is 0 Å². The van der Waals surface area contributed by atoms with E-state index in [0.717, 1.165) is 12.6 Å². The van der Waals surface area contributed by atoms with E-state index >= 15 is 0 Å². The lowest BCUT2D eigenvalue weighted by atomic mass is 10.2. The summed E-state index contributed by atoms with van der Waals surface area (Å²) in [5.41, 5.74) is 0. The minimum atomic E-state index is -2.09. The topological polar surface area (TPSA) is 17.1 Å². The lowest BCUT2D eigenvalue weighted by Gasteiger charge is -2.01. The van der Waals surface area contributed by atoms with Crippen LogP contribution in [0.2, 0.25) is 0 Å². The van der Waals surface area contributed by atoms with Crippen LogP contribution in [0.3, 0.4) is 0 Å². The molecule has 0 radical (unpaired) electrons. The van der Waals surface area contributed by atoms with Gasteiger partial charge in [-0.1, -0.05) is 32.6 Å². The second-order valence-electron chi connectivity index (χ2n) is 2.71. The third kappa shape index (κ3) is 11.2. The summed E-state index contributed by atoms with van der Waals surface area (Å²) in [5.74, 6) is 0. The molecule has 0 atom stereocenters. The first-order chi connectivity index (χ1) is 5.06. The molecule has 0 fully saturated rings. The van der Waals surface area contributed by atoms with E-state index in [1.807, 2.05) is 0 Å². The normalized spacial score (nSPS) is 11.9. The standard InChI is InChI=1S/C7H15Br2OP/c1-2-3-4-5-6-7-11(8,9)10/h2-7H2,1H3. The predicted octanol–water partition coefficient (Wildman–Crippen LogP) is 4.94. The average molecular weight is 306 g/mol. The zero-order valence-electron chi connectivity index (χ0n) is 6.85. The maximum Gasteiger partial charge on any atom is 0.208 e. The molecule has 0 N–H and O–H groups in total. The highest BCUT2D eigenvalue weighted by atomic mass is 79.9. The number of hydrogen-bond donors (Lipinski definition) is 0. The van der Waals surface area contributed by atoms with Crippen molar-refractivity contribution in [1.82, 2.24) is 0 Å². The van der Waals surface area contributed by atoms with Gasteiger partial charge in [0.2, 0.25) is 4.55 Å². The van der Waals surface area contributed by atoms with Gasteiger partial charge < -0.3 is 0 Å². The molecule has 0 rings (SSSR count). The highest BCUT2D eigenvalue weighted by Gasteiger charge is 2.10. The van der Waals surface area contributed by atoms with Crippen LogP contribution in [0.4, 0.5) is 0 Å². The molecule has 11 heavy (non-hydrogen) atoms. The van der Waals surface area contributed by atoms with Gasteiger partial charge in [0, 0.05) is 6.16 Å². The van der Waals surface area contributed by atoms with Gasteiger partial charge in [-0.25, -0.2) is 0 Å². The highest BCUT2D eigenvalue weighted by Crippen LogP contribution is 2.61. The Morgan fingerprint density at radius 1 is 1.09 bits per heavy atom. The molecule has 0 spiro atoms. The van der Waals surface area contributed by atoms with Crippen molar-refractivity contribution in [2.45, 2.75) is 39.0 Å². The molecule has 0 saturated carbocycles. The Labute approximate surface area is 85.2 Å². The third-order valence-corrected chi connectivity index (χ3v) is 4.49. The van der Waals surface area contributed by atoms with E-state index in [-0.39, 0.29) is 0 Å². The first-order valence-corrected chi connectivity index (χ1v) is 9.97. The maximum absolute atomic E-state index is 11.1. The smallest absolute Gasteiger partial charge is 0.208 e. The van der Waals surface area contributed by atoms with E-state index in [2.05, 4.69) is 37.9 Å². The lowest BCUT2D eigenvalue weighted by Crippen LogP contribution is -1.80. The molecule has 0 unspecified atom stereocenters. The maximum atomic E-state index is 11.1. The molecule has 0 aliphatic carbocycles. The number of hydrogen-bond acceptors (Lipinski definition) is 1. The molecule has 1 nitrogen and oxygen atoms in total. The molecule has 0 aliphatic heterocycles. The summed E-state index contributed by atoms with van der Waals surface area (Å²) in [5, 5.41) is 0. The summed E-state index contributed by atoms with van der Waals surface area (Å²) in [6.45, 7) is 2.19. The molecule has 0 aromatic heterocycles. The van der Waals surface area contributed by atoms with Gasteiger partial charge in [-0.2, -0.15) is 0 Å². The Hall–Kier alpha value is 1.19. The molecular formula is C7H15Br2OP. The molecule has 0 aromatic carbocycles. The summed E-state index contributed by atoms with van der Waals surface area (Å²) >= 11 is 6.24. The molecule has 0 aliphatic rings. The average Bonchev–Trinajstić information content (AvgIpc) is 1.85. The van der Waals surface area contributed by atoms with Crippen LogP contribution in [-0.2, 0) is 4.57 Å². The van der Waals surface area contributed by atoms with Crippen molar-refractivity contribution in [2.24, 2.45) is 0 Å². The molecule has 0 bridgehead atoms. The Morgan fingerprint density at radius 3 is 2.09 bits per heavy atom. The Morgan fingerprint density at radius 2 is 1.64 bits per heavy atom. The number of halogens is 2. The van der Waals surface area contributed by atoms with Gasteiger partial charge in [-0.3, -0.25) is 4.57 Å². The predicted molar refractivity (Wildman–Crippen MR) is 59.1 cm³/mol. The number of unbranched alkanes of at least 4 members (excludes halogenated alkanes) is 4. The van der Waals surface area contributed by atoms with Crippen molar-refractivity contribution < 1.29 is 4.57 Å². The molecule has 0 amide bonds. The third-order valence-electron chi connectivity index (χ3n) is 1.52. The SMILES string of the molecule is CCCCCCCP(=O)(Br)Br. The second-order valence-corrected chi connectivity index (χ2v) is 14.0. The number of rotatable bonds is 6. The van der Waals surface area contributed by atoms with Crippen molar-refractivity contribution in [1.29, 1.82) is 0 Å². The fraction of sp³-hybridized carbons (Fsp3) is 1.00. The second kappa shape index (κ2) is 6.68. The zero-order chi connectivity index (χ0) is 8.74. The van der Waals surface area contributed by atoms with Crippen molar-refractivity contribution >= 4 is 35.5 Å². The summed E-state index contributed by atoms with van der Waals surface area (Å²) in [6.07, 6.45) is 6.88. The van der Waals surface area contributed by atoms with Crippen molar-refractivity contribution in [3.63, 3.8) is 0 Å². The van der Waals surface area contributed by atoms with E-state index in [1.165, 1.54) is 25.7 Å². The minimum Gasteiger partial charge on any atom is -0.300 e. The van der Waals surface area contributed by atoms with E-state index in [1.54, 1.807) is 0 Å². The molecule has 0 heterocycles. The monoisotopic (exact) mass is 304 g/mol. The van der Waals surface area contributed by atoms with Gasteiger partial charge in [0.25, 0.3) is 0 Å². The van der Waals surface area contributed by atoms with Crippen LogP contribution in [0.1, 0.15) is 39.0 Å². The Bertz CT molecular complexity index is 132. The molecular weight excluding hydrogens is 291 g/mol. The molecule has 68 valence electrons. The quantitative estimate of drug-likeness (QED) is 0.502. The van der Waals surface area contributed by atoms with Gasteiger partial charge in [-0.15, -0.1) is 0 Å². The fourth-order valence-corrected chi connectivity index (χ4v) is 3.00. The lowest BCUT2D eigenvalue weighted by molar-refractivity contribution is 0.589. The minimum absolute atomic E-state index is 0.775. The van der Waals surface area contributed by atoms with Crippen LogP contribution in [0.15, 0.2) is 0 Å². The van der Waals surface area contributed by atoms with Crippen LogP contribution >= 0.6 is 35.5 Å². The van der Waals surface area contributed by atoms with Crippen molar-refractivity contribution in [3.8, 4) is 0 Å². The first kappa shape index (κ1) is 12.2. The van der Waals surface area contributed by atoms with Crippen LogP contribution in [0.25, 0.3) is 0 Å².